The van der Waals surface area contributed by atoms with Crippen molar-refractivity contribution in [2.75, 3.05) is 4.90 Å². The lowest BCUT2D eigenvalue weighted by Gasteiger charge is -2.23. The molecule has 2 rings (SSSR count). The molecule has 1 aliphatic rings. The summed E-state index contributed by atoms with van der Waals surface area (Å²) in [4.78, 5) is 24.6. The quantitative estimate of drug-likeness (QED) is 0.728. The summed E-state index contributed by atoms with van der Waals surface area (Å²) in [6.07, 6.45) is -2.69. The van der Waals surface area contributed by atoms with E-state index in [0.29, 0.717) is 4.47 Å². The zero-order valence-electron chi connectivity index (χ0n) is 10.7. The Morgan fingerprint density at radius 3 is 2.63 bits per heavy atom. The van der Waals surface area contributed by atoms with Gasteiger partial charge in [-0.2, -0.15) is 0 Å². The molecule has 1 unspecified atom stereocenters. The molecule has 0 saturated carbocycles. The molecule has 102 valence electrons. The second kappa shape index (κ2) is 4.59. The SMILES string of the molecule is CC(C)(C)OC(=O)N1C(=O)C(F)c2ccc(Br)cc21. The summed E-state index contributed by atoms with van der Waals surface area (Å²) in [5.41, 5.74) is -0.349. The van der Waals surface area contributed by atoms with Crippen molar-refractivity contribution in [1.82, 2.24) is 0 Å². The van der Waals surface area contributed by atoms with Gasteiger partial charge >= 0.3 is 6.09 Å². The van der Waals surface area contributed by atoms with Gasteiger partial charge < -0.3 is 4.74 Å². The first-order valence-electron chi connectivity index (χ1n) is 5.71. The van der Waals surface area contributed by atoms with Crippen LogP contribution >= 0.6 is 15.9 Å². The third-order valence-electron chi connectivity index (χ3n) is 2.52. The molecule has 1 atom stereocenters. The zero-order valence-corrected chi connectivity index (χ0v) is 12.3. The lowest BCUT2D eigenvalue weighted by Crippen LogP contribution is -2.39. The van der Waals surface area contributed by atoms with Gasteiger partial charge in [-0.3, -0.25) is 4.79 Å². The largest absolute Gasteiger partial charge is 0.443 e. The summed E-state index contributed by atoms with van der Waals surface area (Å²) in [6.45, 7) is 5.04. The number of imide groups is 1. The van der Waals surface area contributed by atoms with Crippen LogP contribution in [-0.4, -0.2) is 17.6 Å². The third-order valence-corrected chi connectivity index (χ3v) is 3.01. The molecule has 19 heavy (non-hydrogen) atoms. The van der Waals surface area contributed by atoms with Gasteiger partial charge in [-0.05, 0) is 32.9 Å². The molecule has 0 aromatic heterocycles. The molecule has 6 heteroatoms. The Hall–Kier alpha value is -1.43. The number of anilines is 1. The van der Waals surface area contributed by atoms with Crippen molar-refractivity contribution in [2.24, 2.45) is 0 Å². The minimum absolute atomic E-state index is 0.180. The Labute approximate surface area is 118 Å². The maximum atomic E-state index is 13.9. The number of benzene rings is 1. The molecule has 1 aromatic carbocycles. The molecule has 1 heterocycles. The summed E-state index contributed by atoms with van der Waals surface area (Å²) in [6, 6.07) is 4.63. The normalized spacial score (nSPS) is 18.5. The van der Waals surface area contributed by atoms with Crippen molar-refractivity contribution in [2.45, 2.75) is 32.5 Å². The van der Waals surface area contributed by atoms with E-state index in [1.165, 1.54) is 12.1 Å². The van der Waals surface area contributed by atoms with Gasteiger partial charge in [0.2, 0.25) is 6.17 Å². The smallest absolute Gasteiger partial charge is 0.421 e. The molecule has 0 bridgehead atoms. The molecule has 4 nitrogen and oxygen atoms in total. The number of amides is 2. The first-order valence-corrected chi connectivity index (χ1v) is 6.50. The maximum absolute atomic E-state index is 13.9. The Balaban J connectivity index is 2.40. The van der Waals surface area contributed by atoms with Crippen LogP contribution in [0.5, 0.6) is 0 Å². The summed E-state index contributed by atoms with van der Waals surface area (Å²) >= 11 is 3.23. The highest BCUT2D eigenvalue weighted by Crippen LogP contribution is 2.40. The number of fused-ring (bicyclic) bond motifs is 1. The summed E-state index contributed by atoms with van der Waals surface area (Å²) in [5.74, 6) is -0.914. The predicted molar refractivity (Wildman–Crippen MR) is 71.7 cm³/mol. The summed E-state index contributed by atoms with van der Waals surface area (Å²) < 4.78 is 19.6. The van der Waals surface area contributed by atoms with E-state index in [2.05, 4.69) is 15.9 Å². The average molecular weight is 330 g/mol. The van der Waals surface area contributed by atoms with E-state index >= 15 is 0 Å². The topological polar surface area (TPSA) is 46.6 Å². The number of carbonyl (C=O) groups is 2. The predicted octanol–water partition coefficient (Wildman–Crippen LogP) is 3.74. The molecule has 1 aromatic rings. The average Bonchev–Trinajstić information content (AvgIpc) is 2.48. The highest BCUT2D eigenvalue weighted by molar-refractivity contribution is 9.10. The van der Waals surface area contributed by atoms with Gasteiger partial charge in [-0.1, -0.05) is 22.0 Å². The monoisotopic (exact) mass is 329 g/mol. The van der Waals surface area contributed by atoms with Crippen molar-refractivity contribution < 1.29 is 18.7 Å². The second-order valence-electron chi connectivity index (χ2n) is 5.22. The molecular weight excluding hydrogens is 317 g/mol. The lowest BCUT2D eigenvalue weighted by atomic mass is 10.1. The van der Waals surface area contributed by atoms with Crippen LogP contribution in [0, 0.1) is 0 Å². The molecule has 1 aliphatic heterocycles. The standard InChI is InChI=1S/C13H13BrFNO3/c1-13(2,3)19-12(18)16-9-6-7(14)4-5-8(9)10(15)11(16)17/h4-6,10H,1-3H3. The van der Waals surface area contributed by atoms with Gasteiger partial charge in [0, 0.05) is 10.0 Å². The number of alkyl halides is 1. The fraction of sp³-hybridized carbons (Fsp3) is 0.385. The molecule has 0 spiro atoms. The van der Waals surface area contributed by atoms with E-state index in [9.17, 15) is 14.0 Å². The zero-order chi connectivity index (χ0) is 14.4. The minimum atomic E-state index is -1.82. The molecule has 0 radical (unpaired) electrons. The second-order valence-corrected chi connectivity index (χ2v) is 6.14. The highest BCUT2D eigenvalue weighted by atomic mass is 79.9. The van der Waals surface area contributed by atoms with Gasteiger partial charge in [0.25, 0.3) is 5.91 Å². The molecular formula is C13H13BrFNO3. The van der Waals surface area contributed by atoms with Crippen molar-refractivity contribution in [1.29, 1.82) is 0 Å². The molecule has 0 saturated heterocycles. The number of nitrogens with zero attached hydrogens (tertiary/aromatic N) is 1. The first-order chi connectivity index (χ1) is 8.70. The van der Waals surface area contributed by atoms with Crippen molar-refractivity contribution in [3.8, 4) is 0 Å². The van der Waals surface area contributed by atoms with Gasteiger partial charge in [0.15, 0.2) is 0 Å². The van der Waals surface area contributed by atoms with Gasteiger partial charge in [-0.15, -0.1) is 0 Å². The van der Waals surface area contributed by atoms with Crippen LogP contribution in [0.15, 0.2) is 22.7 Å². The summed E-state index contributed by atoms with van der Waals surface area (Å²) in [7, 11) is 0. The van der Waals surface area contributed by atoms with Crippen LogP contribution in [0.25, 0.3) is 0 Å². The number of halogens is 2. The number of hydrogen-bond donors (Lipinski definition) is 0. The van der Waals surface area contributed by atoms with E-state index < -0.39 is 23.8 Å². The van der Waals surface area contributed by atoms with Crippen LogP contribution in [-0.2, 0) is 9.53 Å². The van der Waals surface area contributed by atoms with Gasteiger partial charge in [-0.25, -0.2) is 14.1 Å². The molecule has 2 amide bonds. The van der Waals surface area contributed by atoms with Crippen molar-refractivity contribution >= 4 is 33.6 Å². The van der Waals surface area contributed by atoms with Crippen LogP contribution in [0.2, 0.25) is 0 Å². The number of carbonyl (C=O) groups excluding carboxylic acids is 2. The Bertz CT molecular complexity index is 553. The Kier molecular flexibility index (Phi) is 3.38. The van der Waals surface area contributed by atoms with Crippen LogP contribution < -0.4 is 4.90 Å². The Morgan fingerprint density at radius 1 is 1.42 bits per heavy atom. The minimum Gasteiger partial charge on any atom is -0.443 e. The molecule has 0 fully saturated rings. The van der Waals surface area contributed by atoms with Crippen LogP contribution in [0.3, 0.4) is 0 Å². The number of ether oxygens (including phenoxy) is 1. The van der Waals surface area contributed by atoms with Crippen molar-refractivity contribution in [3.63, 3.8) is 0 Å². The van der Waals surface area contributed by atoms with Gasteiger partial charge in [0.1, 0.15) is 5.60 Å². The van der Waals surface area contributed by atoms with Crippen molar-refractivity contribution in [3.05, 3.63) is 28.2 Å². The van der Waals surface area contributed by atoms with E-state index in [1.54, 1.807) is 26.8 Å². The number of rotatable bonds is 0. The fourth-order valence-corrected chi connectivity index (χ4v) is 2.13. The first kappa shape index (κ1) is 14.0. The summed E-state index contributed by atoms with van der Waals surface area (Å²) in [5, 5.41) is 0. The lowest BCUT2D eigenvalue weighted by molar-refractivity contribution is -0.122. The number of hydrogen-bond acceptors (Lipinski definition) is 3. The fourth-order valence-electron chi connectivity index (χ4n) is 1.79. The molecule has 0 N–H and O–H groups in total. The van der Waals surface area contributed by atoms with Crippen LogP contribution in [0.4, 0.5) is 14.9 Å². The van der Waals surface area contributed by atoms with E-state index in [4.69, 9.17) is 4.74 Å². The van der Waals surface area contributed by atoms with Gasteiger partial charge in [0.05, 0.1) is 5.69 Å². The molecule has 0 aliphatic carbocycles. The third kappa shape index (κ3) is 2.63. The Morgan fingerprint density at radius 2 is 2.05 bits per heavy atom. The highest BCUT2D eigenvalue weighted by Gasteiger charge is 2.43. The maximum Gasteiger partial charge on any atom is 0.421 e. The van der Waals surface area contributed by atoms with Crippen LogP contribution in [0.1, 0.15) is 32.5 Å². The van der Waals surface area contributed by atoms with E-state index in [1.807, 2.05) is 0 Å². The van der Waals surface area contributed by atoms with E-state index in [-0.39, 0.29) is 11.3 Å². The van der Waals surface area contributed by atoms with E-state index in [0.717, 1.165) is 4.90 Å².